The Balaban J connectivity index is 1.26. The Bertz CT molecular complexity index is 1230. The van der Waals surface area contributed by atoms with E-state index < -0.39 is 0 Å². The minimum atomic E-state index is -0.0609. The molecule has 9 heteroatoms. The minimum absolute atomic E-state index is 0.0609. The monoisotopic (exact) mass is 392 g/mol. The predicted octanol–water partition coefficient (Wildman–Crippen LogP) is 1.34. The maximum Gasteiger partial charge on any atom is 0.254 e. The molecule has 1 aliphatic rings. The van der Waals surface area contributed by atoms with E-state index in [4.69, 9.17) is 0 Å². The lowest BCUT2D eigenvalue weighted by Crippen LogP contribution is -2.46. The fourth-order valence-electron chi connectivity index (χ4n) is 3.93. The summed E-state index contributed by atoms with van der Waals surface area (Å²) in [6.45, 7) is 6.42. The van der Waals surface area contributed by atoms with Crippen LogP contribution in [-0.4, -0.2) is 62.1 Å². The fraction of sp³-hybridized carbons (Fsp3) is 0.350. The van der Waals surface area contributed by atoms with E-state index in [9.17, 15) is 4.79 Å². The van der Waals surface area contributed by atoms with Crippen molar-refractivity contribution in [3.05, 3.63) is 58.5 Å². The van der Waals surface area contributed by atoms with Gasteiger partial charge in [0.25, 0.3) is 5.56 Å². The molecule has 0 amide bonds. The highest BCUT2D eigenvalue weighted by Gasteiger charge is 2.19. The third kappa shape index (κ3) is 3.23. The number of hydrogen-bond acceptors (Lipinski definition) is 6. The van der Waals surface area contributed by atoms with Gasteiger partial charge < -0.3 is 19.6 Å². The number of rotatable bonds is 4. The van der Waals surface area contributed by atoms with Crippen LogP contribution in [0.3, 0.4) is 0 Å². The van der Waals surface area contributed by atoms with Crippen LogP contribution in [-0.2, 0) is 6.54 Å². The highest BCUT2D eigenvalue weighted by atomic mass is 16.1. The average molecular weight is 392 g/mol. The van der Waals surface area contributed by atoms with E-state index in [2.05, 4.69) is 52.9 Å². The average Bonchev–Trinajstić information content (AvgIpc) is 3.31. The van der Waals surface area contributed by atoms with Gasteiger partial charge in [-0.05, 0) is 19.1 Å². The molecule has 0 saturated carbocycles. The van der Waals surface area contributed by atoms with E-state index >= 15 is 0 Å². The van der Waals surface area contributed by atoms with Gasteiger partial charge in [0.1, 0.15) is 12.0 Å². The number of nitrogens with zero attached hydrogens (tertiary/aromatic N) is 6. The van der Waals surface area contributed by atoms with E-state index in [1.807, 2.05) is 19.4 Å². The Morgan fingerprint density at radius 2 is 2.00 bits per heavy atom. The number of imidazole rings is 1. The Labute approximate surface area is 167 Å². The fourth-order valence-corrected chi connectivity index (χ4v) is 3.93. The maximum absolute atomic E-state index is 11.8. The zero-order chi connectivity index (χ0) is 20.0. The van der Waals surface area contributed by atoms with Gasteiger partial charge >= 0.3 is 0 Å². The molecule has 0 spiro atoms. The number of pyridine rings is 1. The Morgan fingerprint density at radius 1 is 1.17 bits per heavy atom. The molecule has 0 radical (unpaired) electrons. The smallest absolute Gasteiger partial charge is 0.254 e. The summed E-state index contributed by atoms with van der Waals surface area (Å²) in [5.41, 5.74) is 4.60. The molecule has 0 bridgehead atoms. The first-order valence-electron chi connectivity index (χ1n) is 9.81. The van der Waals surface area contributed by atoms with Gasteiger partial charge in [-0.15, -0.1) is 0 Å². The zero-order valence-corrected chi connectivity index (χ0v) is 16.6. The Kier molecular flexibility index (Phi) is 4.24. The van der Waals surface area contributed by atoms with E-state index in [1.54, 1.807) is 17.6 Å². The minimum Gasteiger partial charge on any atom is -0.371 e. The summed E-state index contributed by atoms with van der Waals surface area (Å²) in [5.74, 6) is 0.894. The first kappa shape index (κ1) is 17.7. The first-order chi connectivity index (χ1) is 14.1. The van der Waals surface area contributed by atoms with Gasteiger partial charge in [0, 0.05) is 63.8 Å². The van der Waals surface area contributed by atoms with Gasteiger partial charge in [-0.1, -0.05) is 0 Å². The molecule has 9 nitrogen and oxygen atoms in total. The van der Waals surface area contributed by atoms with E-state index in [1.165, 1.54) is 5.69 Å². The molecule has 1 aliphatic heterocycles. The highest BCUT2D eigenvalue weighted by Crippen LogP contribution is 2.22. The molecular formula is C20H24N8O. The van der Waals surface area contributed by atoms with Crippen molar-refractivity contribution in [2.45, 2.75) is 13.5 Å². The normalized spacial score (nSPS) is 15.4. The number of aromatic nitrogens is 5. The molecule has 0 atom stereocenters. The van der Waals surface area contributed by atoms with E-state index in [0.717, 1.165) is 55.4 Å². The number of hydrogen-bond donors (Lipinski definition) is 2. The number of H-pyrrole nitrogens is 1. The van der Waals surface area contributed by atoms with Crippen LogP contribution in [0.5, 0.6) is 0 Å². The quantitative estimate of drug-likeness (QED) is 0.545. The van der Waals surface area contributed by atoms with Crippen LogP contribution in [0.25, 0.3) is 11.2 Å². The third-order valence-corrected chi connectivity index (χ3v) is 5.58. The van der Waals surface area contributed by atoms with Crippen LogP contribution >= 0.6 is 0 Å². The second kappa shape index (κ2) is 6.93. The number of aryl methyl sites for hydroxylation is 1. The van der Waals surface area contributed by atoms with Gasteiger partial charge in [0.15, 0.2) is 5.82 Å². The molecule has 4 aromatic heterocycles. The van der Waals surface area contributed by atoms with Crippen LogP contribution < -0.4 is 15.8 Å². The molecule has 4 aromatic rings. The van der Waals surface area contributed by atoms with Crippen LogP contribution in [0.15, 0.2) is 41.7 Å². The summed E-state index contributed by atoms with van der Waals surface area (Å²) < 4.78 is 3.81. The lowest BCUT2D eigenvalue weighted by atomic mass is 10.2. The van der Waals surface area contributed by atoms with Crippen LogP contribution in [0.2, 0.25) is 0 Å². The van der Waals surface area contributed by atoms with E-state index in [0.29, 0.717) is 5.56 Å². The number of nitrogens with one attached hydrogen (secondary N) is 2. The molecule has 29 heavy (non-hydrogen) atoms. The summed E-state index contributed by atoms with van der Waals surface area (Å²) in [4.78, 5) is 23.8. The SMILES string of the molecule is CNc1ncn2cc(N3CCN(Cc4cc5[nH]c(=O)c(C)cn5n4)CC3)ccc12. The summed E-state index contributed by atoms with van der Waals surface area (Å²) >= 11 is 0. The number of fused-ring (bicyclic) bond motifs is 2. The van der Waals surface area contributed by atoms with Gasteiger partial charge in [0.05, 0.1) is 16.9 Å². The molecule has 0 aliphatic carbocycles. The van der Waals surface area contributed by atoms with Crippen LogP contribution in [0.1, 0.15) is 11.3 Å². The van der Waals surface area contributed by atoms with Crippen LogP contribution in [0, 0.1) is 6.92 Å². The maximum atomic E-state index is 11.8. The molecule has 1 fully saturated rings. The molecule has 0 unspecified atom stereocenters. The van der Waals surface area contributed by atoms with Crippen molar-refractivity contribution in [1.82, 2.24) is 28.9 Å². The van der Waals surface area contributed by atoms with Gasteiger partial charge in [-0.25, -0.2) is 9.50 Å². The van der Waals surface area contributed by atoms with Crippen molar-refractivity contribution in [2.75, 3.05) is 43.4 Å². The molecule has 2 N–H and O–H groups in total. The molecule has 5 heterocycles. The van der Waals surface area contributed by atoms with Crippen LogP contribution in [0.4, 0.5) is 11.5 Å². The Hall–Kier alpha value is -3.33. The molecule has 1 saturated heterocycles. The molecular weight excluding hydrogens is 368 g/mol. The van der Waals surface area contributed by atoms with Crippen molar-refractivity contribution in [3.63, 3.8) is 0 Å². The first-order valence-corrected chi connectivity index (χ1v) is 9.81. The van der Waals surface area contributed by atoms with Crippen molar-refractivity contribution in [1.29, 1.82) is 0 Å². The third-order valence-electron chi connectivity index (χ3n) is 5.58. The van der Waals surface area contributed by atoms with Gasteiger partial charge in [-0.3, -0.25) is 9.69 Å². The van der Waals surface area contributed by atoms with Crippen molar-refractivity contribution < 1.29 is 0 Å². The van der Waals surface area contributed by atoms with Crippen molar-refractivity contribution in [2.24, 2.45) is 0 Å². The summed E-state index contributed by atoms with van der Waals surface area (Å²) in [7, 11) is 1.89. The number of anilines is 2. The van der Waals surface area contributed by atoms with Crippen molar-refractivity contribution in [3.8, 4) is 0 Å². The van der Waals surface area contributed by atoms with Gasteiger partial charge in [-0.2, -0.15) is 5.10 Å². The van der Waals surface area contributed by atoms with E-state index in [-0.39, 0.29) is 5.56 Å². The number of piperazine rings is 1. The van der Waals surface area contributed by atoms with Gasteiger partial charge in [0.2, 0.25) is 0 Å². The lowest BCUT2D eigenvalue weighted by Gasteiger charge is -2.35. The lowest BCUT2D eigenvalue weighted by molar-refractivity contribution is 0.247. The molecule has 0 aromatic carbocycles. The summed E-state index contributed by atoms with van der Waals surface area (Å²) in [6.07, 6.45) is 5.76. The highest BCUT2D eigenvalue weighted by molar-refractivity contribution is 5.70. The summed E-state index contributed by atoms with van der Waals surface area (Å²) in [6, 6.07) is 6.23. The Morgan fingerprint density at radius 3 is 2.79 bits per heavy atom. The topological polar surface area (TPSA) is 86.0 Å². The second-order valence-corrected chi connectivity index (χ2v) is 7.52. The predicted molar refractivity (Wildman–Crippen MR) is 113 cm³/mol. The molecule has 150 valence electrons. The second-order valence-electron chi connectivity index (χ2n) is 7.52. The largest absolute Gasteiger partial charge is 0.371 e. The standard InChI is InChI=1S/C20H24N8O/c1-14-10-28-18(23-20(14)29)9-15(24-28)11-25-5-7-26(8-6-25)16-3-4-17-19(21-2)22-13-27(17)12-16/h3-4,9-10,12-13,21H,5-8,11H2,1-2H3,(H,23,29). The molecule has 5 rings (SSSR count). The zero-order valence-electron chi connectivity index (χ0n) is 16.6. The van der Waals surface area contributed by atoms with Crippen molar-refractivity contribution >= 4 is 22.7 Å². The summed E-state index contributed by atoms with van der Waals surface area (Å²) in [5, 5.41) is 7.72. The number of aromatic amines is 1.